The van der Waals surface area contributed by atoms with Crippen LogP contribution in [0.4, 0.5) is 0 Å². The number of hydrogen-bond donors (Lipinski definition) is 2. The molecule has 2 unspecified atom stereocenters. The number of aliphatic hydroxyl groups excluding tert-OH is 2. The summed E-state index contributed by atoms with van der Waals surface area (Å²) in [6.07, 6.45) is -1.48. The van der Waals surface area contributed by atoms with Crippen LogP contribution in [0.3, 0.4) is 0 Å². The summed E-state index contributed by atoms with van der Waals surface area (Å²) < 4.78 is 0. The van der Waals surface area contributed by atoms with E-state index in [1.165, 1.54) is 5.56 Å². The molecule has 0 aliphatic carbocycles. The Kier molecular flexibility index (Phi) is 4.34. The molecule has 0 spiro atoms. The van der Waals surface area contributed by atoms with E-state index in [1.807, 2.05) is 24.3 Å². The Hall–Kier alpha value is -1.23. The zero-order valence-corrected chi connectivity index (χ0v) is 11.4. The summed E-state index contributed by atoms with van der Waals surface area (Å²) in [4.78, 5) is 13.9. The van der Waals surface area contributed by atoms with Gasteiger partial charge in [0.05, 0.1) is 18.8 Å². The third-order valence-corrected chi connectivity index (χ3v) is 3.60. The van der Waals surface area contributed by atoms with Gasteiger partial charge < -0.3 is 10.2 Å². The zero-order chi connectivity index (χ0) is 14.0. The fraction of sp³-hybridized carbons (Fsp3) is 0.533. The van der Waals surface area contributed by atoms with Gasteiger partial charge in [-0.25, -0.2) is 0 Å². The van der Waals surface area contributed by atoms with E-state index in [4.69, 9.17) is 0 Å². The number of β-amino-alcohol motifs (C(OH)–C–C–N with tert-alkyl or cyclic N) is 2. The largest absolute Gasteiger partial charge is 0.389 e. The lowest BCUT2D eigenvalue weighted by atomic mass is 10.0. The van der Waals surface area contributed by atoms with E-state index in [0.29, 0.717) is 24.6 Å². The van der Waals surface area contributed by atoms with Gasteiger partial charge in [-0.3, -0.25) is 9.69 Å². The molecule has 1 aromatic rings. The molecule has 1 saturated heterocycles. The molecule has 0 radical (unpaired) electrons. The van der Waals surface area contributed by atoms with Crippen molar-refractivity contribution in [1.82, 2.24) is 4.90 Å². The fourth-order valence-electron chi connectivity index (χ4n) is 2.32. The maximum Gasteiger partial charge on any atom is 0.176 e. The van der Waals surface area contributed by atoms with Crippen LogP contribution in [0.1, 0.15) is 35.7 Å². The van der Waals surface area contributed by atoms with Gasteiger partial charge in [0.15, 0.2) is 5.78 Å². The van der Waals surface area contributed by atoms with E-state index in [-0.39, 0.29) is 12.3 Å². The normalized spacial score (nSPS) is 24.1. The lowest BCUT2D eigenvalue weighted by Crippen LogP contribution is -2.28. The Morgan fingerprint density at radius 3 is 2.21 bits per heavy atom. The second-order valence-electron chi connectivity index (χ2n) is 5.53. The van der Waals surface area contributed by atoms with Crippen molar-refractivity contribution in [2.75, 3.05) is 19.6 Å². The van der Waals surface area contributed by atoms with Crippen molar-refractivity contribution in [2.24, 2.45) is 0 Å². The first-order chi connectivity index (χ1) is 8.97. The minimum atomic E-state index is -0.740. The van der Waals surface area contributed by atoms with Crippen molar-refractivity contribution in [3.63, 3.8) is 0 Å². The molecule has 0 aromatic heterocycles. The second-order valence-corrected chi connectivity index (χ2v) is 5.53. The van der Waals surface area contributed by atoms with Crippen LogP contribution in [0.15, 0.2) is 24.3 Å². The molecule has 104 valence electrons. The van der Waals surface area contributed by atoms with Crippen LogP contribution < -0.4 is 0 Å². The number of benzene rings is 1. The predicted molar refractivity (Wildman–Crippen MR) is 73.3 cm³/mol. The van der Waals surface area contributed by atoms with Crippen LogP contribution in [0.5, 0.6) is 0 Å². The molecule has 0 bridgehead atoms. The second kappa shape index (κ2) is 5.82. The number of likely N-dealkylation sites (tertiary alicyclic amines) is 1. The highest BCUT2D eigenvalue weighted by Crippen LogP contribution is 2.16. The zero-order valence-electron chi connectivity index (χ0n) is 11.4. The highest BCUT2D eigenvalue weighted by Gasteiger charge is 2.30. The van der Waals surface area contributed by atoms with Crippen LogP contribution in [-0.2, 0) is 0 Å². The Labute approximate surface area is 113 Å². The third kappa shape index (κ3) is 3.41. The van der Waals surface area contributed by atoms with Gasteiger partial charge in [-0.15, -0.1) is 0 Å². The average molecular weight is 263 g/mol. The van der Waals surface area contributed by atoms with Gasteiger partial charge in [-0.05, 0) is 11.5 Å². The first-order valence-corrected chi connectivity index (χ1v) is 6.69. The minimum absolute atomic E-state index is 0.0246. The highest BCUT2D eigenvalue weighted by molar-refractivity contribution is 5.97. The number of rotatable bonds is 4. The van der Waals surface area contributed by atoms with Gasteiger partial charge >= 0.3 is 0 Å². The summed E-state index contributed by atoms with van der Waals surface area (Å²) in [6, 6.07) is 7.65. The molecule has 1 aromatic carbocycles. The molecule has 4 heteroatoms. The van der Waals surface area contributed by atoms with Crippen LogP contribution in [0.2, 0.25) is 0 Å². The molecule has 4 nitrogen and oxygen atoms in total. The molecule has 1 aliphatic rings. The maximum atomic E-state index is 12.1. The highest BCUT2D eigenvalue weighted by atomic mass is 16.3. The number of ketones is 1. The minimum Gasteiger partial charge on any atom is -0.389 e. The Bertz CT molecular complexity index is 431. The molecule has 2 rings (SSSR count). The molecule has 1 heterocycles. The molecule has 1 fully saturated rings. The molecular weight excluding hydrogens is 242 g/mol. The summed E-state index contributed by atoms with van der Waals surface area (Å²) in [7, 11) is 0. The number of carbonyl (C=O) groups is 1. The molecule has 2 N–H and O–H groups in total. The van der Waals surface area contributed by atoms with Gasteiger partial charge in [0, 0.05) is 18.7 Å². The Morgan fingerprint density at radius 1 is 1.21 bits per heavy atom. The first kappa shape index (κ1) is 14.2. The molecule has 19 heavy (non-hydrogen) atoms. The summed E-state index contributed by atoms with van der Waals surface area (Å²) >= 11 is 0. The van der Waals surface area contributed by atoms with E-state index in [1.54, 1.807) is 4.90 Å². The van der Waals surface area contributed by atoms with Crippen molar-refractivity contribution < 1.29 is 15.0 Å². The van der Waals surface area contributed by atoms with Crippen molar-refractivity contribution >= 4 is 5.78 Å². The van der Waals surface area contributed by atoms with Gasteiger partial charge in [-0.2, -0.15) is 0 Å². The summed E-state index contributed by atoms with van der Waals surface area (Å²) in [6.45, 7) is 5.19. The van der Waals surface area contributed by atoms with Crippen molar-refractivity contribution in [2.45, 2.75) is 32.0 Å². The predicted octanol–water partition coefficient (Wildman–Crippen LogP) is 1.03. The molecule has 1 aliphatic heterocycles. The van der Waals surface area contributed by atoms with Gasteiger partial charge in [0.1, 0.15) is 0 Å². The molecule has 0 amide bonds. The van der Waals surface area contributed by atoms with Crippen LogP contribution in [-0.4, -0.2) is 52.7 Å². The topological polar surface area (TPSA) is 60.8 Å². The van der Waals surface area contributed by atoms with Crippen LogP contribution in [0, 0.1) is 0 Å². The molecule has 0 saturated carbocycles. The first-order valence-electron chi connectivity index (χ1n) is 6.69. The van der Waals surface area contributed by atoms with E-state index < -0.39 is 12.2 Å². The average Bonchev–Trinajstić information content (AvgIpc) is 2.68. The fourth-order valence-corrected chi connectivity index (χ4v) is 2.32. The summed E-state index contributed by atoms with van der Waals surface area (Å²) in [5, 5.41) is 18.9. The number of Topliss-reactive ketones (excluding diaryl/α,β-unsaturated/α-hetero) is 1. The van der Waals surface area contributed by atoms with E-state index in [9.17, 15) is 15.0 Å². The Morgan fingerprint density at radius 2 is 1.74 bits per heavy atom. The smallest absolute Gasteiger partial charge is 0.176 e. The third-order valence-electron chi connectivity index (χ3n) is 3.60. The van der Waals surface area contributed by atoms with E-state index >= 15 is 0 Å². The lowest BCUT2D eigenvalue weighted by Gasteiger charge is -2.14. The van der Waals surface area contributed by atoms with Gasteiger partial charge in [0.25, 0.3) is 0 Å². The van der Waals surface area contributed by atoms with Gasteiger partial charge in [-0.1, -0.05) is 38.1 Å². The van der Waals surface area contributed by atoms with E-state index in [0.717, 1.165) is 0 Å². The number of hydrogen-bond acceptors (Lipinski definition) is 4. The number of nitrogens with zero attached hydrogens (tertiary/aromatic N) is 1. The Balaban J connectivity index is 1.97. The van der Waals surface area contributed by atoms with Crippen molar-refractivity contribution in [1.29, 1.82) is 0 Å². The standard InChI is InChI=1S/C15H21NO3/c1-10(2)11-3-5-12(6-4-11)13(17)7-16-8-14(18)15(19)9-16/h3-6,10,14-15,18-19H,7-9H2,1-2H3. The number of carbonyl (C=O) groups excluding carboxylic acids is 1. The summed E-state index contributed by atoms with van der Waals surface area (Å²) in [5.74, 6) is 0.477. The van der Waals surface area contributed by atoms with Crippen molar-refractivity contribution in [3.05, 3.63) is 35.4 Å². The maximum absolute atomic E-state index is 12.1. The van der Waals surface area contributed by atoms with Crippen LogP contribution in [0.25, 0.3) is 0 Å². The molecular formula is C15H21NO3. The number of aliphatic hydroxyl groups is 2. The quantitative estimate of drug-likeness (QED) is 0.797. The monoisotopic (exact) mass is 263 g/mol. The van der Waals surface area contributed by atoms with E-state index in [2.05, 4.69) is 13.8 Å². The SMILES string of the molecule is CC(C)c1ccc(C(=O)CN2CC(O)C(O)C2)cc1. The molecule has 2 atom stereocenters. The van der Waals surface area contributed by atoms with Crippen LogP contribution >= 0.6 is 0 Å². The van der Waals surface area contributed by atoms with Crippen molar-refractivity contribution in [3.8, 4) is 0 Å². The van der Waals surface area contributed by atoms with Gasteiger partial charge in [0.2, 0.25) is 0 Å². The summed E-state index contributed by atoms with van der Waals surface area (Å²) in [5.41, 5.74) is 1.89. The lowest BCUT2D eigenvalue weighted by molar-refractivity contribution is 0.0572.